The third kappa shape index (κ3) is 2.39. The molecule has 0 atom stereocenters. The Morgan fingerprint density at radius 2 is 2.11 bits per heavy atom. The van der Waals surface area contributed by atoms with Crippen LogP contribution in [0.5, 0.6) is 11.5 Å². The molecule has 0 fully saturated rings. The van der Waals surface area contributed by atoms with Crippen molar-refractivity contribution >= 4 is 27.7 Å². The molecule has 19 heavy (non-hydrogen) atoms. The minimum atomic E-state index is -0.252. The van der Waals surface area contributed by atoms with E-state index in [-0.39, 0.29) is 12.7 Å². The summed E-state index contributed by atoms with van der Waals surface area (Å²) in [4.78, 5) is 16.2. The van der Waals surface area contributed by atoms with Crippen LogP contribution in [0.3, 0.4) is 0 Å². The number of anilines is 1. The Morgan fingerprint density at radius 1 is 1.26 bits per heavy atom. The Kier molecular flexibility index (Phi) is 3.08. The number of nitrogens with zero attached hydrogens (tertiary/aromatic N) is 1. The molecule has 5 nitrogen and oxygen atoms in total. The van der Waals surface area contributed by atoms with E-state index in [0.717, 1.165) is 4.47 Å². The van der Waals surface area contributed by atoms with Crippen LogP contribution in [-0.2, 0) is 0 Å². The van der Waals surface area contributed by atoms with E-state index >= 15 is 0 Å². The number of ether oxygens (including phenoxy) is 2. The summed E-state index contributed by atoms with van der Waals surface area (Å²) in [6, 6.07) is 8.63. The number of amides is 1. The summed E-state index contributed by atoms with van der Waals surface area (Å²) in [5.41, 5.74) is 0.488. The van der Waals surface area contributed by atoms with Crippen LogP contribution >= 0.6 is 15.9 Å². The van der Waals surface area contributed by atoms with Crippen LogP contribution in [-0.4, -0.2) is 17.7 Å². The predicted octanol–water partition coefficient (Wildman–Crippen LogP) is 2.83. The molecular formula is C13H9BrN2O3. The van der Waals surface area contributed by atoms with E-state index in [0.29, 0.717) is 22.9 Å². The summed E-state index contributed by atoms with van der Waals surface area (Å²) in [7, 11) is 0. The van der Waals surface area contributed by atoms with Gasteiger partial charge in [-0.3, -0.25) is 4.79 Å². The van der Waals surface area contributed by atoms with Crippen molar-refractivity contribution in [2.75, 3.05) is 12.1 Å². The molecule has 1 amide bonds. The molecule has 96 valence electrons. The van der Waals surface area contributed by atoms with Gasteiger partial charge in [0, 0.05) is 11.8 Å². The first-order valence-corrected chi connectivity index (χ1v) is 6.35. The van der Waals surface area contributed by atoms with E-state index in [9.17, 15) is 4.79 Å². The van der Waals surface area contributed by atoms with Crippen molar-refractivity contribution in [3.63, 3.8) is 0 Å². The topological polar surface area (TPSA) is 60.5 Å². The number of fused-ring (bicyclic) bond motifs is 1. The van der Waals surface area contributed by atoms with Gasteiger partial charge in [-0.25, -0.2) is 4.98 Å². The fourth-order valence-corrected chi connectivity index (χ4v) is 2.05. The molecule has 0 aliphatic carbocycles. The first-order chi connectivity index (χ1) is 9.24. The third-order valence-electron chi connectivity index (χ3n) is 2.63. The highest BCUT2D eigenvalue weighted by Gasteiger charge is 2.16. The molecule has 3 rings (SSSR count). The molecule has 2 aromatic rings. The van der Waals surface area contributed by atoms with E-state index in [1.165, 1.54) is 0 Å². The number of halogens is 1. The molecule has 2 heterocycles. The van der Waals surface area contributed by atoms with Gasteiger partial charge >= 0.3 is 0 Å². The number of carbonyl (C=O) groups is 1. The van der Waals surface area contributed by atoms with Crippen LogP contribution in [0, 0.1) is 0 Å². The highest BCUT2D eigenvalue weighted by Crippen LogP contribution is 2.32. The second kappa shape index (κ2) is 4.89. The summed E-state index contributed by atoms with van der Waals surface area (Å²) >= 11 is 3.33. The Labute approximate surface area is 117 Å². The first-order valence-electron chi connectivity index (χ1n) is 5.55. The maximum absolute atomic E-state index is 12.1. The van der Waals surface area contributed by atoms with E-state index in [4.69, 9.17) is 9.47 Å². The molecule has 0 unspecified atom stereocenters. The second-order valence-electron chi connectivity index (χ2n) is 3.86. The molecule has 0 saturated carbocycles. The Hall–Kier alpha value is -2.08. The van der Waals surface area contributed by atoms with Gasteiger partial charge in [-0.2, -0.15) is 0 Å². The summed E-state index contributed by atoms with van der Waals surface area (Å²) in [6.45, 7) is 0.187. The third-order valence-corrected chi connectivity index (χ3v) is 3.27. The maximum atomic E-state index is 12.1. The van der Waals surface area contributed by atoms with Gasteiger partial charge in [0.05, 0.1) is 4.47 Å². The van der Waals surface area contributed by atoms with Crippen molar-refractivity contribution in [2.45, 2.75) is 0 Å². The number of rotatable bonds is 2. The normalized spacial score (nSPS) is 12.3. The maximum Gasteiger partial charge on any atom is 0.256 e. The monoisotopic (exact) mass is 320 g/mol. The summed E-state index contributed by atoms with van der Waals surface area (Å²) in [5.74, 6) is 1.45. The summed E-state index contributed by atoms with van der Waals surface area (Å²) in [6.07, 6.45) is 1.61. The van der Waals surface area contributed by atoms with Crippen LogP contribution in [0.4, 0.5) is 5.82 Å². The lowest BCUT2D eigenvalue weighted by Gasteiger charge is -2.06. The SMILES string of the molecule is O=C(Nc1ncccc1Br)c1ccc2c(c1)OCO2. The predicted molar refractivity (Wildman–Crippen MR) is 72.5 cm³/mol. The molecule has 0 spiro atoms. The molecule has 1 N–H and O–H groups in total. The van der Waals surface area contributed by atoms with Gasteiger partial charge in [-0.15, -0.1) is 0 Å². The fraction of sp³-hybridized carbons (Fsp3) is 0.0769. The van der Waals surface area contributed by atoms with Gasteiger partial charge < -0.3 is 14.8 Å². The molecule has 6 heteroatoms. The molecule has 1 aliphatic rings. The lowest BCUT2D eigenvalue weighted by atomic mass is 10.2. The van der Waals surface area contributed by atoms with Gasteiger partial charge in [0.25, 0.3) is 5.91 Å². The van der Waals surface area contributed by atoms with E-state index in [1.54, 1.807) is 30.5 Å². The van der Waals surface area contributed by atoms with Crippen LogP contribution in [0.15, 0.2) is 41.0 Å². The average Bonchev–Trinajstić information content (AvgIpc) is 2.88. The highest BCUT2D eigenvalue weighted by atomic mass is 79.9. The number of aromatic nitrogens is 1. The fourth-order valence-electron chi connectivity index (χ4n) is 1.70. The van der Waals surface area contributed by atoms with Crippen LogP contribution in [0.2, 0.25) is 0 Å². The quantitative estimate of drug-likeness (QED) is 0.924. The van der Waals surface area contributed by atoms with Crippen LogP contribution in [0.1, 0.15) is 10.4 Å². The van der Waals surface area contributed by atoms with Crippen molar-refractivity contribution in [1.29, 1.82) is 0 Å². The number of carbonyl (C=O) groups excluding carboxylic acids is 1. The molecule has 0 radical (unpaired) electrons. The largest absolute Gasteiger partial charge is 0.454 e. The van der Waals surface area contributed by atoms with Gasteiger partial charge in [0.1, 0.15) is 5.82 Å². The molecular weight excluding hydrogens is 312 g/mol. The average molecular weight is 321 g/mol. The molecule has 1 aromatic carbocycles. The van der Waals surface area contributed by atoms with Crippen molar-refractivity contribution in [3.05, 3.63) is 46.6 Å². The standard InChI is InChI=1S/C13H9BrN2O3/c14-9-2-1-5-15-12(9)16-13(17)8-3-4-10-11(6-8)19-7-18-10/h1-6H,7H2,(H,15,16,17). The number of hydrogen-bond acceptors (Lipinski definition) is 4. The van der Waals surface area contributed by atoms with Gasteiger partial charge in [0.2, 0.25) is 6.79 Å². The number of hydrogen-bond donors (Lipinski definition) is 1. The smallest absolute Gasteiger partial charge is 0.256 e. The molecule has 1 aliphatic heterocycles. The van der Waals surface area contributed by atoms with Crippen molar-refractivity contribution in [1.82, 2.24) is 4.98 Å². The van der Waals surface area contributed by atoms with Crippen LogP contribution in [0.25, 0.3) is 0 Å². The van der Waals surface area contributed by atoms with E-state index < -0.39 is 0 Å². The van der Waals surface area contributed by atoms with Gasteiger partial charge in [-0.05, 0) is 46.3 Å². The van der Waals surface area contributed by atoms with Crippen molar-refractivity contribution < 1.29 is 14.3 Å². The summed E-state index contributed by atoms with van der Waals surface area (Å²) < 4.78 is 11.2. The van der Waals surface area contributed by atoms with Crippen LogP contribution < -0.4 is 14.8 Å². The minimum absolute atomic E-state index is 0.187. The molecule has 0 bridgehead atoms. The second-order valence-corrected chi connectivity index (χ2v) is 4.71. The lowest BCUT2D eigenvalue weighted by molar-refractivity contribution is 0.102. The summed E-state index contributed by atoms with van der Waals surface area (Å²) in [5, 5.41) is 2.72. The Morgan fingerprint density at radius 3 is 2.95 bits per heavy atom. The lowest BCUT2D eigenvalue weighted by Crippen LogP contribution is -2.13. The Bertz CT molecular complexity index is 646. The number of pyridine rings is 1. The van der Waals surface area contributed by atoms with Crippen molar-refractivity contribution in [2.24, 2.45) is 0 Å². The van der Waals surface area contributed by atoms with E-state index in [2.05, 4.69) is 26.2 Å². The van der Waals surface area contributed by atoms with Gasteiger partial charge in [-0.1, -0.05) is 0 Å². The zero-order valence-corrected chi connectivity index (χ0v) is 11.3. The van der Waals surface area contributed by atoms with E-state index in [1.807, 2.05) is 6.07 Å². The Balaban J connectivity index is 1.83. The number of nitrogens with one attached hydrogen (secondary N) is 1. The first kappa shape index (κ1) is 12.0. The molecule has 1 aromatic heterocycles. The minimum Gasteiger partial charge on any atom is -0.454 e. The molecule has 0 saturated heterocycles. The van der Waals surface area contributed by atoms with Gasteiger partial charge in [0.15, 0.2) is 11.5 Å². The van der Waals surface area contributed by atoms with Crippen molar-refractivity contribution in [3.8, 4) is 11.5 Å². The zero-order valence-electron chi connectivity index (χ0n) is 9.72. The number of benzene rings is 1. The highest BCUT2D eigenvalue weighted by molar-refractivity contribution is 9.10. The zero-order chi connectivity index (χ0) is 13.2.